The van der Waals surface area contributed by atoms with Crippen LogP contribution in [0.3, 0.4) is 0 Å². The Bertz CT molecular complexity index is 363. The molecular weight excluding hydrogens is 198 g/mol. The van der Waals surface area contributed by atoms with Crippen molar-refractivity contribution in [2.24, 2.45) is 11.3 Å². The van der Waals surface area contributed by atoms with Crippen LogP contribution >= 0.6 is 0 Å². The third kappa shape index (κ3) is 2.14. The molecule has 0 saturated carbocycles. The number of rotatable bonds is 3. The van der Waals surface area contributed by atoms with Gasteiger partial charge in [-0.15, -0.1) is 0 Å². The fourth-order valence-corrected chi connectivity index (χ4v) is 2.06. The number of nitrogens with one attached hydrogen (secondary N) is 1. The molecule has 0 aromatic carbocycles. The Morgan fingerprint density at radius 3 is 2.94 bits per heavy atom. The quantitative estimate of drug-likeness (QED) is 0.848. The van der Waals surface area contributed by atoms with Gasteiger partial charge in [0.05, 0.1) is 12.0 Å². The van der Waals surface area contributed by atoms with E-state index in [2.05, 4.69) is 42.6 Å². The number of nitrogens with zero attached hydrogens (tertiary/aromatic N) is 2. The van der Waals surface area contributed by atoms with Crippen molar-refractivity contribution in [1.29, 1.82) is 0 Å². The zero-order valence-electron chi connectivity index (χ0n) is 10.9. The van der Waals surface area contributed by atoms with Crippen LogP contribution in [0, 0.1) is 11.3 Å². The second kappa shape index (κ2) is 4.21. The number of hydrogen-bond donors (Lipinski definition) is 1. The van der Waals surface area contributed by atoms with Gasteiger partial charge < -0.3 is 9.88 Å². The second-order valence-corrected chi connectivity index (χ2v) is 5.84. The van der Waals surface area contributed by atoms with E-state index in [9.17, 15) is 0 Å². The number of hydrogen-bond acceptors (Lipinski definition) is 2. The molecule has 1 aliphatic heterocycles. The molecule has 1 N–H and O–H groups in total. The highest BCUT2D eigenvalue weighted by atomic mass is 15.1. The molecule has 0 radical (unpaired) electrons. The van der Waals surface area contributed by atoms with E-state index < -0.39 is 0 Å². The lowest BCUT2D eigenvalue weighted by atomic mass is 9.81. The van der Waals surface area contributed by atoms with Gasteiger partial charge in [0, 0.05) is 31.7 Å². The summed E-state index contributed by atoms with van der Waals surface area (Å²) in [6.07, 6.45) is 3.13. The average molecular weight is 221 g/mol. The first-order valence-electron chi connectivity index (χ1n) is 6.24. The Balaban J connectivity index is 2.19. The molecule has 3 heteroatoms. The van der Waals surface area contributed by atoms with Gasteiger partial charge in [0.15, 0.2) is 0 Å². The van der Waals surface area contributed by atoms with Gasteiger partial charge in [-0.2, -0.15) is 0 Å². The second-order valence-electron chi connectivity index (χ2n) is 5.84. The van der Waals surface area contributed by atoms with Crippen LogP contribution < -0.4 is 5.32 Å². The molecule has 1 aromatic rings. The Morgan fingerprint density at radius 2 is 2.25 bits per heavy atom. The predicted octanol–water partition coefficient (Wildman–Crippen LogP) is 2.21. The van der Waals surface area contributed by atoms with E-state index in [1.807, 2.05) is 6.33 Å². The van der Waals surface area contributed by atoms with Gasteiger partial charge in [-0.05, 0) is 11.3 Å². The summed E-state index contributed by atoms with van der Waals surface area (Å²) in [5.41, 5.74) is 3.01. The van der Waals surface area contributed by atoms with E-state index in [1.165, 1.54) is 11.4 Å². The van der Waals surface area contributed by atoms with Crippen LogP contribution in [0.25, 0.3) is 0 Å². The number of fused-ring (bicyclic) bond motifs is 1. The Morgan fingerprint density at radius 1 is 1.50 bits per heavy atom. The zero-order valence-corrected chi connectivity index (χ0v) is 10.9. The van der Waals surface area contributed by atoms with Gasteiger partial charge in [0.25, 0.3) is 0 Å². The summed E-state index contributed by atoms with van der Waals surface area (Å²) in [7, 11) is 0. The molecule has 1 aromatic heterocycles. The van der Waals surface area contributed by atoms with Gasteiger partial charge in [-0.3, -0.25) is 0 Å². The van der Waals surface area contributed by atoms with E-state index in [0.29, 0.717) is 11.3 Å². The van der Waals surface area contributed by atoms with Gasteiger partial charge in [-0.25, -0.2) is 4.98 Å². The third-order valence-corrected chi connectivity index (χ3v) is 4.00. The van der Waals surface area contributed by atoms with Crippen molar-refractivity contribution in [2.75, 3.05) is 6.54 Å². The van der Waals surface area contributed by atoms with E-state index in [0.717, 1.165) is 26.1 Å². The summed E-state index contributed by atoms with van der Waals surface area (Å²) in [6, 6.07) is 0. The molecule has 2 rings (SSSR count). The molecule has 3 nitrogen and oxygen atoms in total. The lowest BCUT2D eigenvalue weighted by Crippen LogP contribution is -2.29. The lowest BCUT2D eigenvalue weighted by molar-refractivity contribution is 0.207. The molecule has 0 atom stereocenters. The summed E-state index contributed by atoms with van der Waals surface area (Å²) in [5, 5.41) is 3.36. The van der Waals surface area contributed by atoms with E-state index in [1.54, 1.807) is 0 Å². The SMILES string of the molecule is CC(C)C(C)(C)Cn1cnc2c1CCNC2. The van der Waals surface area contributed by atoms with Gasteiger partial charge in [-0.1, -0.05) is 27.7 Å². The number of imidazole rings is 1. The minimum atomic E-state index is 0.333. The smallest absolute Gasteiger partial charge is 0.0952 e. The van der Waals surface area contributed by atoms with Crippen LogP contribution in [-0.2, 0) is 19.5 Å². The molecule has 2 heterocycles. The van der Waals surface area contributed by atoms with Crippen molar-refractivity contribution in [3.05, 3.63) is 17.7 Å². The predicted molar refractivity (Wildman–Crippen MR) is 66.3 cm³/mol. The summed E-state index contributed by atoms with van der Waals surface area (Å²) in [6.45, 7) is 12.4. The van der Waals surface area contributed by atoms with Crippen molar-refractivity contribution < 1.29 is 0 Å². The maximum atomic E-state index is 4.50. The summed E-state index contributed by atoms with van der Waals surface area (Å²) >= 11 is 0. The van der Waals surface area contributed by atoms with Crippen molar-refractivity contribution in [3.63, 3.8) is 0 Å². The highest BCUT2D eigenvalue weighted by molar-refractivity contribution is 5.16. The molecule has 0 spiro atoms. The van der Waals surface area contributed by atoms with Crippen LogP contribution in [0.15, 0.2) is 6.33 Å². The summed E-state index contributed by atoms with van der Waals surface area (Å²) in [5.74, 6) is 0.687. The maximum Gasteiger partial charge on any atom is 0.0952 e. The standard InChI is InChI=1S/C13H23N3/c1-10(2)13(3,4)8-16-9-15-11-7-14-6-5-12(11)16/h9-10,14H,5-8H2,1-4H3. The van der Waals surface area contributed by atoms with Crippen LogP contribution in [0.1, 0.15) is 39.1 Å². The first-order chi connectivity index (χ1) is 7.50. The van der Waals surface area contributed by atoms with Crippen molar-refractivity contribution >= 4 is 0 Å². The first-order valence-corrected chi connectivity index (χ1v) is 6.24. The highest BCUT2D eigenvalue weighted by Gasteiger charge is 2.25. The van der Waals surface area contributed by atoms with Crippen molar-refractivity contribution in [2.45, 2.75) is 47.2 Å². The largest absolute Gasteiger partial charge is 0.334 e. The Labute approximate surface area is 98.3 Å². The van der Waals surface area contributed by atoms with E-state index in [4.69, 9.17) is 0 Å². The average Bonchev–Trinajstić information content (AvgIpc) is 2.61. The fourth-order valence-electron chi connectivity index (χ4n) is 2.06. The van der Waals surface area contributed by atoms with Gasteiger partial charge >= 0.3 is 0 Å². The van der Waals surface area contributed by atoms with E-state index >= 15 is 0 Å². The molecule has 0 amide bonds. The third-order valence-electron chi connectivity index (χ3n) is 4.00. The lowest BCUT2D eigenvalue weighted by Gasteiger charge is -2.30. The van der Waals surface area contributed by atoms with Gasteiger partial charge in [0.1, 0.15) is 0 Å². The number of aromatic nitrogens is 2. The van der Waals surface area contributed by atoms with E-state index in [-0.39, 0.29) is 0 Å². The molecule has 90 valence electrons. The molecular formula is C13H23N3. The minimum absolute atomic E-state index is 0.333. The Hall–Kier alpha value is -0.830. The normalized spacial score (nSPS) is 16.6. The first kappa shape index (κ1) is 11.6. The summed E-state index contributed by atoms with van der Waals surface area (Å²) in [4.78, 5) is 4.50. The molecule has 0 saturated heterocycles. The molecule has 0 fully saturated rings. The van der Waals surface area contributed by atoms with Crippen LogP contribution in [0.4, 0.5) is 0 Å². The van der Waals surface area contributed by atoms with Crippen LogP contribution in [-0.4, -0.2) is 16.1 Å². The molecule has 0 aliphatic carbocycles. The molecule has 0 unspecified atom stereocenters. The summed E-state index contributed by atoms with van der Waals surface area (Å²) < 4.78 is 2.36. The fraction of sp³-hybridized carbons (Fsp3) is 0.769. The maximum absolute atomic E-state index is 4.50. The van der Waals surface area contributed by atoms with Crippen LogP contribution in [0.2, 0.25) is 0 Å². The van der Waals surface area contributed by atoms with Gasteiger partial charge in [0.2, 0.25) is 0 Å². The zero-order chi connectivity index (χ0) is 11.8. The van der Waals surface area contributed by atoms with Crippen LogP contribution in [0.5, 0.6) is 0 Å². The highest BCUT2D eigenvalue weighted by Crippen LogP contribution is 2.29. The molecule has 0 bridgehead atoms. The van der Waals surface area contributed by atoms with Crippen molar-refractivity contribution in [3.8, 4) is 0 Å². The monoisotopic (exact) mass is 221 g/mol. The molecule has 1 aliphatic rings. The Kier molecular flexibility index (Phi) is 3.06. The topological polar surface area (TPSA) is 29.9 Å². The minimum Gasteiger partial charge on any atom is -0.334 e. The molecule has 16 heavy (non-hydrogen) atoms. The van der Waals surface area contributed by atoms with Crippen molar-refractivity contribution in [1.82, 2.24) is 14.9 Å².